The molecule has 2 bridgehead atoms. The topological polar surface area (TPSA) is 106 Å². The molecule has 44 heavy (non-hydrogen) atoms. The number of aryl methyl sites for hydroxylation is 1. The number of rotatable bonds is 16. The molecule has 0 unspecified atom stereocenters. The van der Waals surface area contributed by atoms with Gasteiger partial charge in [-0.3, -0.25) is 14.4 Å². The maximum absolute atomic E-state index is 13.9. The van der Waals surface area contributed by atoms with Crippen molar-refractivity contribution in [3.8, 4) is 0 Å². The minimum Gasteiger partial charge on any atom is -0.404 e. The lowest BCUT2D eigenvalue weighted by molar-refractivity contribution is -0.199. The monoisotopic (exact) mass is 609 g/mol. The van der Waals surface area contributed by atoms with Crippen LogP contribution in [0.1, 0.15) is 122 Å². The van der Waals surface area contributed by atoms with Crippen molar-refractivity contribution in [1.82, 2.24) is 16.0 Å². The molecule has 1 aromatic carbocycles. The molecule has 8 nitrogen and oxygen atoms in total. The lowest BCUT2D eigenvalue weighted by atomic mass is 9.43. The predicted molar refractivity (Wildman–Crippen MR) is 175 cm³/mol. The van der Waals surface area contributed by atoms with Crippen LogP contribution in [0.4, 0.5) is 0 Å². The molecule has 4 aliphatic rings. The zero-order valence-electron chi connectivity index (χ0n) is 28.2. The molecule has 1 aromatic rings. The van der Waals surface area contributed by atoms with E-state index < -0.39 is 13.2 Å². The normalized spacial score (nSPS) is 26.4. The Balaban J connectivity index is 1.46. The van der Waals surface area contributed by atoms with Crippen molar-refractivity contribution in [1.29, 1.82) is 0 Å². The first-order valence-electron chi connectivity index (χ1n) is 17.2. The van der Waals surface area contributed by atoms with Crippen molar-refractivity contribution in [2.75, 3.05) is 6.54 Å². The molecule has 6 atom stereocenters. The second-order valence-electron chi connectivity index (χ2n) is 14.7. The van der Waals surface area contributed by atoms with Gasteiger partial charge in [-0.2, -0.15) is 0 Å². The van der Waals surface area contributed by atoms with Gasteiger partial charge in [0, 0.05) is 18.5 Å². The van der Waals surface area contributed by atoms with Gasteiger partial charge < -0.3 is 25.3 Å². The molecular formula is C35H56BN3O5. The Morgan fingerprint density at radius 1 is 0.977 bits per heavy atom. The Labute approximate surface area is 265 Å². The number of hydrogen-bond acceptors (Lipinski definition) is 5. The summed E-state index contributed by atoms with van der Waals surface area (Å²) in [4.78, 5) is 39.8. The van der Waals surface area contributed by atoms with Gasteiger partial charge in [-0.05, 0) is 86.3 Å². The van der Waals surface area contributed by atoms with Crippen molar-refractivity contribution >= 4 is 24.8 Å². The second-order valence-corrected chi connectivity index (χ2v) is 14.7. The van der Waals surface area contributed by atoms with E-state index in [0.29, 0.717) is 30.2 Å². The third-order valence-electron chi connectivity index (χ3n) is 10.5. The quantitative estimate of drug-likeness (QED) is 0.167. The highest BCUT2D eigenvalue weighted by Gasteiger charge is 2.68. The summed E-state index contributed by atoms with van der Waals surface area (Å²) < 4.78 is 13.3. The van der Waals surface area contributed by atoms with E-state index in [2.05, 4.69) is 64.4 Å². The molecule has 3 N–H and O–H groups in total. The van der Waals surface area contributed by atoms with E-state index in [-0.39, 0.29) is 53.2 Å². The van der Waals surface area contributed by atoms with Crippen LogP contribution in [0.2, 0.25) is 0 Å². The third-order valence-corrected chi connectivity index (χ3v) is 10.5. The number of unbranched alkanes of at least 4 members (excludes halogenated alkanes) is 3. The molecular weight excluding hydrogens is 553 g/mol. The van der Waals surface area contributed by atoms with Gasteiger partial charge in [0.05, 0.1) is 17.6 Å². The van der Waals surface area contributed by atoms with E-state index in [1.165, 1.54) is 5.56 Å². The third kappa shape index (κ3) is 7.87. The average Bonchev–Trinajstić information content (AvgIpc) is 3.35. The van der Waals surface area contributed by atoms with E-state index in [1.54, 1.807) is 12.1 Å². The Morgan fingerprint density at radius 3 is 2.32 bits per heavy atom. The van der Waals surface area contributed by atoms with E-state index in [1.807, 2.05) is 12.1 Å². The van der Waals surface area contributed by atoms with Gasteiger partial charge >= 0.3 is 7.12 Å². The summed E-state index contributed by atoms with van der Waals surface area (Å²) in [5.41, 5.74) is 1.50. The zero-order chi connectivity index (χ0) is 32.1. The number of carbonyl (C=O) groups excluding carboxylic acids is 3. The largest absolute Gasteiger partial charge is 0.481 e. The number of amides is 3. The first kappa shape index (κ1) is 34.5. The summed E-state index contributed by atoms with van der Waals surface area (Å²) in [6, 6.07) is 6.59. The Kier molecular flexibility index (Phi) is 11.6. The highest BCUT2D eigenvalue weighted by atomic mass is 16.7. The van der Waals surface area contributed by atoms with Crippen LogP contribution in [0.5, 0.6) is 0 Å². The van der Waals surface area contributed by atoms with Crippen LogP contribution in [0.25, 0.3) is 0 Å². The Morgan fingerprint density at radius 2 is 1.68 bits per heavy atom. The highest BCUT2D eigenvalue weighted by molar-refractivity contribution is 6.48. The molecule has 3 aliphatic carbocycles. The van der Waals surface area contributed by atoms with Crippen LogP contribution < -0.4 is 16.0 Å². The van der Waals surface area contributed by atoms with Gasteiger partial charge in [0.1, 0.15) is 6.04 Å². The second kappa shape index (κ2) is 14.8. The fraction of sp³-hybridized carbons (Fsp3) is 0.743. The molecule has 0 radical (unpaired) electrons. The first-order chi connectivity index (χ1) is 20.9. The van der Waals surface area contributed by atoms with Crippen molar-refractivity contribution in [3.63, 3.8) is 0 Å². The van der Waals surface area contributed by atoms with Gasteiger partial charge in [-0.1, -0.05) is 72.9 Å². The number of nitrogens with one attached hydrogen (secondary N) is 3. The van der Waals surface area contributed by atoms with Crippen molar-refractivity contribution in [3.05, 3.63) is 35.4 Å². The van der Waals surface area contributed by atoms with Crippen LogP contribution in [-0.2, 0) is 25.3 Å². The summed E-state index contributed by atoms with van der Waals surface area (Å²) in [5.74, 6) is 0.129. The molecule has 0 spiro atoms. The van der Waals surface area contributed by atoms with Crippen molar-refractivity contribution in [2.45, 2.75) is 136 Å². The maximum atomic E-state index is 13.9. The summed E-state index contributed by atoms with van der Waals surface area (Å²) >= 11 is 0. The minimum absolute atomic E-state index is 0.00838. The van der Waals surface area contributed by atoms with Crippen LogP contribution in [0, 0.1) is 23.2 Å². The lowest BCUT2D eigenvalue weighted by Gasteiger charge is -2.64. The van der Waals surface area contributed by atoms with Crippen molar-refractivity contribution in [2.24, 2.45) is 23.2 Å². The standard InChI is InChI=1S/C35H56BN3O5/c1-8-10-12-14-31(40)37-22-27(38-32(41)25-17-15-24(16-18-25)13-11-9-2)33(42)39-30(19-23(3)4)36-43-29-21-26-20-28(34(26,5)6)35(29,7)44-36/h15-18,23,26-30H,8-14,19-22H2,1-7H3,(H,37,40)(H,38,41)(H,39,42)/t26-,27+,28-,29-,30+,35+/m1/s1. The smallest absolute Gasteiger partial charge is 0.404 e. The van der Waals surface area contributed by atoms with Crippen LogP contribution in [0.3, 0.4) is 0 Å². The molecule has 5 rings (SSSR count). The zero-order valence-corrected chi connectivity index (χ0v) is 28.2. The molecule has 4 fully saturated rings. The molecule has 1 heterocycles. The molecule has 9 heteroatoms. The molecule has 1 aliphatic heterocycles. The molecule has 0 aromatic heterocycles. The highest BCUT2D eigenvalue weighted by Crippen LogP contribution is 2.65. The lowest BCUT2D eigenvalue weighted by Crippen LogP contribution is -2.65. The first-order valence-corrected chi connectivity index (χ1v) is 17.2. The van der Waals surface area contributed by atoms with Gasteiger partial charge in [0.15, 0.2) is 0 Å². The summed E-state index contributed by atoms with van der Waals surface area (Å²) in [6.45, 7) is 15.3. The molecule has 3 saturated carbocycles. The van der Waals surface area contributed by atoms with Gasteiger partial charge in [0.2, 0.25) is 11.8 Å². The van der Waals surface area contributed by atoms with E-state index in [0.717, 1.165) is 51.4 Å². The Bertz CT molecular complexity index is 1140. The van der Waals surface area contributed by atoms with Crippen LogP contribution >= 0.6 is 0 Å². The van der Waals surface area contributed by atoms with E-state index in [4.69, 9.17) is 9.31 Å². The summed E-state index contributed by atoms with van der Waals surface area (Å²) in [5, 5.41) is 8.96. The molecule has 244 valence electrons. The molecule has 1 saturated heterocycles. The Hall–Kier alpha value is -2.39. The number of benzene rings is 1. The predicted octanol–water partition coefficient (Wildman–Crippen LogP) is 5.62. The van der Waals surface area contributed by atoms with Gasteiger partial charge in [0.25, 0.3) is 5.91 Å². The fourth-order valence-electron chi connectivity index (χ4n) is 7.59. The maximum Gasteiger partial charge on any atom is 0.481 e. The summed E-state index contributed by atoms with van der Waals surface area (Å²) in [7, 11) is -0.567. The minimum atomic E-state index is -0.946. The number of hydrogen-bond donors (Lipinski definition) is 3. The average molecular weight is 610 g/mol. The van der Waals surface area contributed by atoms with Gasteiger partial charge in [-0.15, -0.1) is 0 Å². The summed E-state index contributed by atoms with van der Waals surface area (Å²) in [6.07, 6.45) is 9.15. The number of carbonyl (C=O) groups is 3. The van der Waals surface area contributed by atoms with Crippen LogP contribution in [-0.4, -0.2) is 55.1 Å². The fourth-order valence-corrected chi connectivity index (χ4v) is 7.59. The van der Waals surface area contributed by atoms with E-state index >= 15 is 0 Å². The molecule has 3 amide bonds. The van der Waals surface area contributed by atoms with Crippen molar-refractivity contribution < 1.29 is 23.7 Å². The van der Waals surface area contributed by atoms with Crippen LogP contribution in [0.15, 0.2) is 24.3 Å². The van der Waals surface area contributed by atoms with E-state index in [9.17, 15) is 14.4 Å². The van der Waals surface area contributed by atoms with Gasteiger partial charge in [-0.25, -0.2) is 0 Å². The SMILES string of the molecule is CCCCCC(=O)NC[C@H](NC(=O)c1ccc(CCCC)cc1)C(=O)N[C@@H](CC(C)C)B1O[C@@H]2C[C@H]3C[C@H](C3(C)C)[C@]2(C)O1.